The standard InChI is InChI=1S/C24H22F6N6O3/c25-23(26,27)15-7-17(36-35-15)32-16-6-14-12(2-1-3-31-14)20(33-16)34-18-11-4-10-5-13(18)19(22(38,8-10)9-11)39-21(37)24(28,29)30/h1-3,6-7,10-11,13,18-19,38H,4-5,8-9H2,(H3,32,33,34,35,36). The van der Waals surface area contributed by atoms with Crippen molar-refractivity contribution in [1.82, 2.24) is 20.2 Å². The number of rotatable bonds is 5. The first-order chi connectivity index (χ1) is 18.3. The van der Waals surface area contributed by atoms with Gasteiger partial charge in [0.15, 0.2) is 5.82 Å². The van der Waals surface area contributed by atoms with Crippen LogP contribution >= 0.6 is 0 Å². The Bertz CT molecular complexity index is 1430. The molecular formula is C24H22F6N6O3. The maximum absolute atomic E-state index is 13.0. The maximum atomic E-state index is 13.0. The first-order valence-electron chi connectivity index (χ1n) is 12.2. The van der Waals surface area contributed by atoms with E-state index in [0.717, 1.165) is 12.5 Å². The highest BCUT2D eigenvalue weighted by atomic mass is 19.4. The van der Waals surface area contributed by atoms with Gasteiger partial charge < -0.3 is 20.5 Å². The number of hydrogen-bond donors (Lipinski definition) is 4. The molecule has 0 spiro atoms. The van der Waals surface area contributed by atoms with Crippen molar-refractivity contribution in [2.75, 3.05) is 10.6 Å². The second-order valence-electron chi connectivity index (χ2n) is 10.5. The van der Waals surface area contributed by atoms with Crippen LogP contribution < -0.4 is 10.6 Å². The van der Waals surface area contributed by atoms with E-state index >= 15 is 0 Å². The number of hydrogen-bond acceptors (Lipinski definition) is 8. The molecule has 15 heteroatoms. The molecule has 4 N–H and O–H groups in total. The van der Waals surface area contributed by atoms with Crippen LogP contribution in [0, 0.1) is 17.8 Å². The lowest BCUT2D eigenvalue weighted by molar-refractivity contribution is -0.249. The van der Waals surface area contributed by atoms with E-state index in [9.17, 15) is 36.2 Å². The average Bonchev–Trinajstić information content (AvgIpc) is 3.31. The number of H-pyrrole nitrogens is 1. The third kappa shape index (κ3) is 4.61. The van der Waals surface area contributed by atoms with Gasteiger partial charge in [0.2, 0.25) is 0 Å². The van der Waals surface area contributed by atoms with Crippen LogP contribution in [0.4, 0.5) is 43.8 Å². The summed E-state index contributed by atoms with van der Waals surface area (Å²) in [6.07, 6.45) is -8.05. The highest BCUT2D eigenvalue weighted by Crippen LogP contribution is 2.57. The van der Waals surface area contributed by atoms with Gasteiger partial charge in [0.1, 0.15) is 29.0 Å². The monoisotopic (exact) mass is 556 g/mol. The van der Waals surface area contributed by atoms with E-state index in [1.807, 2.05) is 5.10 Å². The van der Waals surface area contributed by atoms with E-state index in [-0.39, 0.29) is 36.3 Å². The van der Waals surface area contributed by atoms with E-state index in [0.29, 0.717) is 23.1 Å². The van der Waals surface area contributed by atoms with Gasteiger partial charge in [-0.3, -0.25) is 10.1 Å². The number of carbonyl (C=O) groups is 1. The van der Waals surface area contributed by atoms with Crippen molar-refractivity contribution in [2.45, 2.75) is 55.8 Å². The summed E-state index contributed by atoms with van der Waals surface area (Å²) in [7, 11) is 0. The summed E-state index contributed by atoms with van der Waals surface area (Å²) >= 11 is 0. The number of carbonyl (C=O) groups excluding carboxylic acids is 1. The number of nitrogens with zero attached hydrogens (tertiary/aromatic N) is 3. The molecule has 0 aromatic carbocycles. The fourth-order valence-corrected chi connectivity index (χ4v) is 6.58. The molecule has 9 nitrogen and oxygen atoms in total. The van der Waals surface area contributed by atoms with Crippen molar-refractivity contribution >= 4 is 34.3 Å². The van der Waals surface area contributed by atoms with Crippen LogP contribution in [0.5, 0.6) is 0 Å². The molecule has 3 heterocycles. The van der Waals surface area contributed by atoms with Crippen molar-refractivity contribution in [3.63, 3.8) is 0 Å². The molecule has 6 atom stereocenters. The Morgan fingerprint density at radius 1 is 1.13 bits per heavy atom. The smallest absolute Gasteiger partial charge is 0.452 e. The fraction of sp³-hybridized carbons (Fsp3) is 0.500. The van der Waals surface area contributed by atoms with Gasteiger partial charge in [-0.25, -0.2) is 9.78 Å². The van der Waals surface area contributed by atoms with E-state index in [4.69, 9.17) is 4.74 Å². The molecule has 3 aromatic rings. The summed E-state index contributed by atoms with van der Waals surface area (Å²) in [5, 5.41) is 23.3. The minimum atomic E-state index is -5.20. The zero-order valence-corrected chi connectivity index (χ0v) is 20.0. The quantitative estimate of drug-likeness (QED) is 0.267. The Balaban J connectivity index is 1.32. The number of alkyl halides is 6. The Hall–Kier alpha value is -3.62. The second kappa shape index (κ2) is 8.69. The van der Waals surface area contributed by atoms with Gasteiger partial charge in [-0.1, -0.05) is 0 Å². The van der Waals surface area contributed by atoms with Crippen LogP contribution in [0.3, 0.4) is 0 Å². The third-order valence-corrected chi connectivity index (χ3v) is 7.89. The number of aromatic amines is 1. The molecule has 7 rings (SSSR count). The molecule has 208 valence electrons. The predicted octanol–water partition coefficient (Wildman–Crippen LogP) is 4.55. The highest BCUT2D eigenvalue weighted by Gasteiger charge is 2.63. The number of esters is 1. The van der Waals surface area contributed by atoms with Crippen molar-refractivity contribution in [3.8, 4) is 0 Å². The molecule has 0 aliphatic heterocycles. The normalized spacial score (nSPS) is 30.0. The van der Waals surface area contributed by atoms with Crippen LogP contribution in [-0.4, -0.2) is 55.2 Å². The predicted molar refractivity (Wildman–Crippen MR) is 124 cm³/mol. The molecule has 6 unspecified atom stereocenters. The van der Waals surface area contributed by atoms with E-state index in [1.54, 1.807) is 12.1 Å². The van der Waals surface area contributed by atoms with Crippen molar-refractivity contribution in [3.05, 3.63) is 36.2 Å². The fourth-order valence-electron chi connectivity index (χ4n) is 6.58. The number of fused-ring (bicyclic) bond motifs is 1. The van der Waals surface area contributed by atoms with Gasteiger partial charge in [0.25, 0.3) is 0 Å². The van der Waals surface area contributed by atoms with Gasteiger partial charge in [-0.05, 0) is 49.7 Å². The summed E-state index contributed by atoms with van der Waals surface area (Å²) in [6, 6.07) is 5.22. The molecule has 0 amide bonds. The largest absolute Gasteiger partial charge is 0.490 e. The van der Waals surface area contributed by atoms with Gasteiger partial charge in [-0.2, -0.15) is 31.4 Å². The van der Waals surface area contributed by atoms with Crippen LogP contribution in [0.2, 0.25) is 0 Å². The van der Waals surface area contributed by atoms with Gasteiger partial charge in [-0.15, -0.1) is 0 Å². The Labute approximate surface area is 216 Å². The first kappa shape index (κ1) is 25.6. The van der Waals surface area contributed by atoms with Crippen molar-refractivity contribution in [2.24, 2.45) is 17.8 Å². The molecule has 4 aliphatic carbocycles. The summed E-state index contributed by atoms with van der Waals surface area (Å²) in [4.78, 5) is 20.6. The van der Waals surface area contributed by atoms with Crippen LogP contribution in [0.15, 0.2) is 30.5 Å². The molecule has 4 bridgehead atoms. The molecule has 3 aromatic heterocycles. The highest BCUT2D eigenvalue weighted by molar-refractivity contribution is 5.91. The zero-order valence-electron chi connectivity index (χ0n) is 20.0. The topological polar surface area (TPSA) is 125 Å². The number of pyridine rings is 2. The Morgan fingerprint density at radius 3 is 2.64 bits per heavy atom. The third-order valence-electron chi connectivity index (χ3n) is 7.89. The molecule has 0 saturated heterocycles. The van der Waals surface area contributed by atoms with Crippen LogP contribution in [-0.2, 0) is 15.7 Å². The zero-order chi connectivity index (χ0) is 27.7. The minimum Gasteiger partial charge on any atom is -0.452 e. The minimum absolute atomic E-state index is 0.0829. The van der Waals surface area contributed by atoms with E-state index in [1.165, 1.54) is 12.3 Å². The number of nitrogens with one attached hydrogen (secondary N) is 3. The number of aliphatic hydroxyl groups is 1. The second-order valence-corrected chi connectivity index (χ2v) is 10.5. The average molecular weight is 556 g/mol. The summed E-state index contributed by atoms with van der Waals surface area (Å²) < 4.78 is 82.9. The Morgan fingerprint density at radius 2 is 1.92 bits per heavy atom. The molecule has 0 radical (unpaired) electrons. The van der Waals surface area contributed by atoms with E-state index < -0.39 is 47.7 Å². The maximum Gasteiger partial charge on any atom is 0.490 e. The number of aromatic nitrogens is 4. The lowest BCUT2D eigenvalue weighted by atomic mass is 9.51. The number of ether oxygens (including phenoxy) is 1. The lowest BCUT2D eigenvalue weighted by Crippen LogP contribution is -2.68. The number of halogens is 6. The molecule has 4 aliphatic rings. The first-order valence-corrected chi connectivity index (χ1v) is 12.2. The van der Waals surface area contributed by atoms with Gasteiger partial charge in [0, 0.05) is 35.7 Å². The molecule has 4 fully saturated rings. The van der Waals surface area contributed by atoms with Gasteiger partial charge in [0.05, 0.1) is 5.52 Å². The van der Waals surface area contributed by atoms with Crippen molar-refractivity contribution in [1.29, 1.82) is 0 Å². The van der Waals surface area contributed by atoms with Crippen LogP contribution in [0.1, 0.15) is 31.4 Å². The van der Waals surface area contributed by atoms with Gasteiger partial charge >= 0.3 is 18.3 Å². The summed E-state index contributed by atoms with van der Waals surface area (Å²) in [6.45, 7) is 0. The lowest BCUT2D eigenvalue weighted by Gasteiger charge is -2.61. The van der Waals surface area contributed by atoms with Crippen molar-refractivity contribution < 1.29 is 41.0 Å². The summed E-state index contributed by atoms with van der Waals surface area (Å²) in [5.41, 5.74) is -2.15. The van der Waals surface area contributed by atoms with E-state index in [2.05, 4.69) is 25.7 Å². The molecule has 39 heavy (non-hydrogen) atoms. The SMILES string of the molecule is O=C(OC1C2CC3CC(CC1(O)C3)C2Nc1nc(Nc2cc(C(F)(F)F)[nH]n2)cc2ncccc12)C(F)(F)F. The summed E-state index contributed by atoms with van der Waals surface area (Å²) in [5.74, 6) is -2.71. The Kier molecular flexibility index (Phi) is 5.72. The molecular weight excluding hydrogens is 534 g/mol. The molecule has 4 saturated carbocycles. The van der Waals surface area contributed by atoms with Crippen LogP contribution in [0.25, 0.3) is 10.9 Å². The number of anilines is 3.